The summed E-state index contributed by atoms with van der Waals surface area (Å²) < 4.78 is 1.92. The zero-order valence-corrected chi connectivity index (χ0v) is 13.8. The first-order valence-electron chi connectivity index (χ1n) is 8.65. The van der Waals surface area contributed by atoms with Gasteiger partial charge in [0.25, 0.3) is 0 Å². The number of nitrogens with zero attached hydrogens (tertiary/aromatic N) is 4. The molecule has 23 heavy (non-hydrogen) atoms. The molecular formula is C19H24N4. The third-order valence-electron chi connectivity index (χ3n) is 5.04. The van der Waals surface area contributed by atoms with Gasteiger partial charge in [0.05, 0.1) is 12.2 Å². The molecule has 0 bridgehead atoms. The van der Waals surface area contributed by atoms with Crippen molar-refractivity contribution in [1.29, 1.82) is 5.26 Å². The van der Waals surface area contributed by atoms with Crippen LogP contribution in [0, 0.1) is 24.2 Å². The normalized spacial score (nSPS) is 15.5. The number of rotatable bonds is 5. The smallest absolute Gasteiger partial charge is 0.185 e. The number of nitriles is 1. The summed E-state index contributed by atoms with van der Waals surface area (Å²) in [6, 6.07) is 10.5. The Bertz CT molecular complexity index is 690. The molecular weight excluding hydrogens is 284 g/mol. The van der Waals surface area contributed by atoms with Crippen LogP contribution in [0.15, 0.2) is 24.3 Å². The molecule has 0 amide bonds. The topological polar surface area (TPSA) is 54.5 Å². The maximum Gasteiger partial charge on any atom is 0.185 e. The number of hydrogen-bond acceptors (Lipinski definition) is 3. The molecule has 0 unspecified atom stereocenters. The van der Waals surface area contributed by atoms with Crippen molar-refractivity contribution in [2.75, 3.05) is 0 Å². The predicted octanol–water partition coefficient (Wildman–Crippen LogP) is 4.02. The van der Waals surface area contributed by atoms with Crippen LogP contribution >= 0.6 is 0 Å². The third kappa shape index (κ3) is 3.79. The van der Waals surface area contributed by atoms with E-state index in [0.29, 0.717) is 12.2 Å². The van der Waals surface area contributed by atoms with Crippen LogP contribution in [0.3, 0.4) is 0 Å². The molecule has 0 N–H and O–H groups in total. The van der Waals surface area contributed by atoms with Crippen molar-refractivity contribution in [2.24, 2.45) is 5.92 Å². The second kappa shape index (κ2) is 7.41. The Labute approximate surface area is 138 Å². The molecule has 0 saturated heterocycles. The second-order valence-corrected chi connectivity index (χ2v) is 6.62. The van der Waals surface area contributed by atoms with Crippen LogP contribution in [0.4, 0.5) is 0 Å². The highest BCUT2D eigenvalue weighted by Crippen LogP contribution is 2.28. The van der Waals surface area contributed by atoms with Gasteiger partial charge < -0.3 is 0 Å². The zero-order chi connectivity index (χ0) is 16.1. The molecule has 4 heteroatoms. The lowest BCUT2D eigenvalue weighted by Gasteiger charge is -2.21. The summed E-state index contributed by atoms with van der Waals surface area (Å²) in [5, 5.41) is 17.6. The van der Waals surface area contributed by atoms with Gasteiger partial charge >= 0.3 is 0 Å². The van der Waals surface area contributed by atoms with Crippen LogP contribution < -0.4 is 0 Å². The Morgan fingerprint density at radius 3 is 2.74 bits per heavy atom. The molecule has 3 rings (SSSR count). The van der Waals surface area contributed by atoms with Gasteiger partial charge in [0.15, 0.2) is 5.69 Å². The van der Waals surface area contributed by atoms with Gasteiger partial charge in [-0.15, -0.1) is 5.10 Å². The second-order valence-electron chi connectivity index (χ2n) is 6.62. The molecule has 1 aliphatic rings. The van der Waals surface area contributed by atoms with E-state index < -0.39 is 0 Å². The monoisotopic (exact) mass is 308 g/mol. The van der Waals surface area contributed by atoms with E-state index in [1.807, 2.05) is 16.8 Å². The first-order chi connectivity index (χ1) is 11.3. The van der Waals surface area contributed by atoms with Crippen LogP contribution in [-0.4, -0.2) is 15.0 Å². The Kier molecular flexibility index (Phi) is 5.07. The van der Waals surface area contributed by atoms with Crippen molar-refractivity contribution in [3.8, 4) is 6.07 Å². The lowest BCUT2D eigenvalue weighted by atomic mass is 9.85. The number of hydrogen-bond donors (Lipinski definition) is 0. The van der Waals surface area contributed by atoms with Crippen molar-refractivity contribution >= 4 is 0 Å². The van der Waals surface area contributed by atoms with Gasteiger partial charge in [-0.05, 0) is 36.8 Å². The lowest BCUT2D eigenvalue weighted by molar-refractivity contribution is 0.336. The van der Waals surface area contributed by atoms with Gasteiger partial charge in [0, 0.05) is 0 Å². The van der Waals surface area contributed by atoms with Crippen molar-refractivity contribution in [2.45, 2.75) is 58.4 Å². The van der Waals surface area contributed by atoms with E-state index in [0.717, 1.165) is 24.5 Å². The summed E-state index contributed by atoms with van der Waals surface area (Å²) in [4.78, 5) is 0. The molecule has 4 nitrogen and oxygen atoms in total. The molecule has 0 aliphatic heterocycles. The third-order valence-corrected chi connectivity index (χ3v) is 5.04. The molecule has 0 spiro atoms. The average Bonchev–Trinajstić information content (AvgIpc) is 2.98. The first kappa shape index (κ1) is 15.7. The first-order valence-corrected chi connectivity index (χ1v) is 8.65. The number of benzene rings is 1. The molecule has 2 aromatic rings. The molecule has 1 fully saturated rings. The Morgan fingerprint density at radius 2 is 2.00 bits per heavy atom. The minimum absolute atomic E-state index is 0.495. The molecule has 1 aliphatic carbocycles. The molecule has 1 aromatic heterocycles. The van der Waals surface area contributed by atoms with Crippen LogP contribution in [0.25, 0.3) is 0 Å². The maximum absolute atomic E-state index is 9.32. The summed E-state index contributed by atoms with van der Waals surface area (Å²) in [7, 11) is 0. The highest BCUT2D eigenvalue weighted by Gasteiger charge is 2.18. The van der Waals surface area contributed by atoms with E-state index in [2.05, 4.69) is 35.4 Å². The molecule has 1 aromatic carbocycles. The minimum Gasteiger partial charge on any atom is -0.244 e. The van der Waals surface area contributed by atoms with Crippen LogP contribution in [0.2, 0.25) is 0 Å². The molecule has 1 heterocycles. The van der Waals surface area contributed by atoms with E-state index in [1.165, 1.54) is 43.2 Å². The highest BCUT2D eigenvalue weighted by atomic mass is 15.4. The zero-order valence-electron chi connectivity index (χ0n) is 13.8. The lowest BCUT2D eigenvalue weighted by Crippen LogP contribution is -2.12. The predicted molar refractivity (Wildman–Crippen MR) is 89.9 cm³/mol. The van der Waals surface area contributed by atoms with E-state index in [1.54, 1.807) is 0 Å². The molecule has 0 atom stereocenters. The fourth-order valence-corrected chi connectivity index (χ4v) is 3.56. The Morgan fingerprint density at radius 1 is 1.22 bits per heavy atom. The van der Waals surface area contributed by atoms with E-state index >= 15 is 0 Å². The van der Waals surface area contributed by atoms with Crippen LogP contribution in [0.5, 0.6) is 0 Å². The fourth-order valence-electron chi connectivity index (χ4n) is 3.56. The largest absolute Gasteiger partial charge is 0.244 e. The summed E-state index contributed by atoms with van der Waals surface area (Å²) in [5.41, 5.74) is 3.98. The minimum atomic E-state index is 0.495. The summed E-state index contributed by atoms with van der Waals surface area (Å²) in [6.07, 6.45) is 8.82. The van der Waals surface area contributed by atoms with Gasteiger partial charge in [-0.2, -0.15) is 5.26 Å². The molecule has 1 saturated carbocycles. The standard InChI is InChI=1S/C19H24N4/c1-15-7-5-6-10-17(15)14-23-19(18(13-20)21-22-23)12-11-16-8-3-2-4-9-16/h5-7,10,16H,2-4,8-9,11-12,14H2,1H3. The molecule has 120 valence electrons. The van der Waals surface area contributed by atoms with E-state index in [9.17, 15) is 5.26 Å². The quantitative estimate of drug-likeness (QED) is 0.838. The van der Waals surface area contributed by atoms with Crippen LogP contribution in [0.1, 0.15) is 61.0 Å². The molecule has 0 radical (unpaired) electrons. The number of aromatic nitrogens is 3. The SMILES string of the molecule is Cc1ccccc1Cn1nnc(C#N)c1CCC1CCCCC1. The summed E-state index contributed by atoms with van der Waals surface area (Å²) in [5.74, 6) is 0.803. The maximum atomic E-state index is 9.32. The van der Waals surface area contributed by atoms with E-state index in [4.69, 9.17) is 0 Å². The van der Waals surface area contributed by atoms with Gasteiger partial charge in [-0.25, -0.2) is 4.68 Å². The van der Waals surface area contributed by atoms with Gasteiger partial charge in [-0.1, -0.05) is 61.6 Å². The number of aryl methyl sites for hydroxylation is 1. The van der Waals surface area contributed by atoms with Crippen molar-refractivity contribution in [3.63, 3.8) is 0 Å². The highest BCUT2D eigenvalue weighted by molar-refractivity contribution is 5.29. The van der Waals surface area contributed by atoms with Crippen molar-refractivity contribution < 1.29 is 0 Å². The van der Waals surface area contributed by atoms with E-state index in [-0.39, 0.29) is 0 Å². The Balaban J connectivity index is 1.74. The van der Waals surface area contributed by atoms with Crippen molar-refractivity contribution in [1.82, 2.24) is 15.0 Å². The summed E-state index contributed by atoms with van der Waals surface area (Å²) in [6.45, 7) is 2.81. The van der Waals surface area contributed by atoms with Gasteiger partial charge in [0.1, 0.15) is 6.07 Å². The average molecular weight is 308 g/mol. The van der Waals surface area contributed by atoms with Crippen LogP contribution in [-0.2, 0) is 13.0 Å². The van der Waals surface area contributed by atoms with Gasteiger partial charge in [0.2, 0.25) is 0 Å². The fraction of sp³-hybridized carbons (Fsp3) is 0.526. The van der Waals surface area contributed by atoms with Crippen molar-refractivity contribution in [3.05, 3.63) is 46.8 Å². The Hall–Kier alpha value is -2.15. The van der Waals surface area contributed by atoms with Gasteiger partial charge in [-0.3, -0.25) is 0 Å². The summed E-state index contributed by atoms with van der Waals surface area (Å²) >= 11 is 0.